The van der Waals surface area contributed by atoms with Crippen molar-refractivity contribution in [1.82, 2.24) is 0 Å². The second-order valence-corrected chi connectivity index (χ2v) is 5.51. The molecular formula is C13H15BrFNO. The molecule has 0 amide bonds. The Bertz CT molecular complexity index is 431. The van der Waals surface area contributed by atoms with Gasteiger partial charge < -0.3 is 5.73 Å². The van der Waals surface area contributed by atoms with Gasteiger partial charge in [0, 0.05) is 23.4 Å². The zero-order valence-electron chi connectivity index (χ0n) is 9.46. The van der Waals surface area contributed by atoms with Crippen molar-refractivity contribution in [2.45, 2.75) is 31.7 Å². The standard InChI is InChI=1S/C13H15BrFNO/c14-12-6-10(15)4-3-9(12)5-11(17)7-13(16)8-1-2-8/h3-4,6,8,13H,1-2,5,7,16H2. The van der Waals surface area contributed by atoms with Crippen LogP contribution in [0, 0.1) is 11.7 Å². The molecule has 2 nitrogen and oxygen atoms in total. The molecule has 0 aromatic heterocycles. The highest BCUT2D eigenvalue weighted by atomic mass is 79.9. The van der Waals surface area contributed by atoms with E-state index >= 15 is 0 Å². The van der Waals surface area contributed by atoms with Gasteiger partial charge in [0.15, 0.2) is 0 Å². The summed E-state index contributed by atoms with van der Waals surface area (Å²) in [6, 6.07) is 4.39. The van der Waals surface area contributed by atoms with Crippen molar-refractivity contribution in [3.05, 3.63) is 34.1 Å². The number of hydrogen-bond donors (Lipinski definition) is 1. The number of carbonyl (C=O) groups excluding carboxylic acids is 1. The molecule has 1 fully saturated rings. The molecule has 1 atom stereocenters. The summed E-state index contributed by atoms with van der Waals surface area (Å²) >= 11 is 3.26. The van der Waals surface area contributed by atoms with E-state index in [1.807, 2.05) is 0 Å². The number of nitrogens with two attached hydrogens (primary N) is 1. The largest absolute Gasteiger partial charge is 0.327 e. The van der Waals surface area contributed by atoms with Crippen LogP contribution in [0.1, 0.15) is 24.8 Å². The van der Waals surface area contributed by atoms with E-state index < -0.39 is 0 Å². The Morgan fingerprint density at radius 2 is 2.24 bits per heavy atom. The number of benzene rings is 1. The van der Waals surface area contributed by atoms with Gasteiger partial charge in [0.05, 0.1) is 0 Å². The first kappa shape index (κ1) is 12.7. The van der Waals surface area contributed by atoms with E-state index in [0.717, 1.165) is 18.4 Å². The first-order valence-corrected chi connectivity index (χ1v) is 6.57. The molecule has 1 saturated carbocycles. The highest BCUT2D eigenvalue weighted by molar-refractivity contribution is 9.10. The lowest BCUT2D eigenvalue weighted by Gasteiger charge is -2.09. The van der Waals surface area contributed by atoms with E-state index in [4.69, 9.17) is 5.73 Å². The summed E-state index contributed by atoms with van der Waals surface area (Å²) in [5.41, 5.74) is 6.72. The van der Waals surface area contributed by atoms with Crippen LogP contribution in [0.3, 0.4) is 0 Å². The Hall–Kier alpha value is -0.740. The van der Waals surface area contributed by atoms with Gasteiger partial charge >= 0.3 is 0 Å². The Kier molecular flexibility index (Phi) is 3.94. The smallest absolute Gasteiger partial charge is 0.138 e. The minimum atomic E-state index is -0.303. The van der Waals surface area contributed by atoms with Crippen LogP contribution in [-0.4, -0.2) is 11.8 Å². The van der Waals surface area contributed by atoms with Crippen LogP contribution >= 0.6 is 15.9 Å². The lowest BCUT2D eigenvalue weighted by atomic mass is 10.0. The number of rotatable bonds is 5. The monoisotopic (exact) mass is 299 g/mol. The van der Waals surface area contributed by atoms with Gasteiger partial charge in [0.1, 0.15) is 11.6 Å². The number of Topliss-reactive ketones (excluding diaryl/α,β-unsaturated/α-hetero) is 1. The molecule has 1 aromatic carbocycles. The molecule has 1 aliphatic rings. The molecule has 2 rings (SSSR count). The fourth-order valence-corrected chi connectivity index (χ4v) is 2.39. The maximum absolute atomic E-state index is 12.9. The summed E-state index contributed by atoms with van der Waals surface area (Å²) in [4.78, 5) is 11.8. The van der Waals surface area contributed by atoms with Gasteiger partial charge in [-0.15, -0.1) is 0 Å². The molecular weight excluding hydrogens is 285 g/mol. The SMILES string of the molecule is NC(CC(=O)Cc1ccc(F)cc1Br)C1CC1. The zero-order chi connectivity index (χ0) is 12.4. The Morgan fingerprint density at radius 3 is 2.82 bits per heavy atom. The number of halogens is 2. The van der Waals surface area contributed by atoms with Crippen molar-refractivity contribution in [1.29, 1.82) is 0 Å². The molecule has 0 spiro atoms. The van der Waals surface area contributed by atoms with Crippen molar-refractivity contribution < 1.29 is 9.18 Å². The molecule has 2 N–H and O–H groups in total. The maximum atomic E-state index is 12.9. The zero-order valence-corrected chi connectivity index (χ0v) is 11.0. The van der Waals surface area contributed by atoms with E-state index in [0.29, 0.717) is 23.2 Å². The average Bonchev–Trinajstić information content (AvgIpc) is 3.05. The van der Waals surface area contributed by atoms with Crippen molar-refractivity contribution in [2.75, 3.05) is 0 Å². The highest BCUT2D eigenvalue weighted by Gasteiger charge is 2.29. The first-order chi connectivity index (χ1) is 8.06. The third-order valence-electron chi connectivity index (χ3n) is 3.09. The minimum absolute atomic E-state index is 0.00160. The van der Waals surface area contributed by atoms with Gasteiger partial charge in [-0.1, -0.05) is 22.0 Å². The first-order valence-electron chi connectivity index (χ1n) is 5.77. The van der Waals surface area contributed by atoms with Crippen LogP contribution < -0.4 is 5.73 Å². The lowest BCUT2D eigenvalue weighted by Crippen LogP contribution is -2.26. The van der Waals surface area contributed by atoms with E-state index in [1.54, 1.807) is 6.07 Å². The molecule has 92 valence electrons. The number of ketones is 1. The van der Waals surface area contributed by atoms with Crippen LogP contribution in [0.15, 0.2) is 22.7 Å². The normalized spacial score (nSPS) is 16.9. The third-order valence-corrected chi connectivity index (χ3v) is 3.83. The second-order valence-electron chi connectivity index (χ2n) is 4.66. The summed E-state index contributed by atoms with van der Waals surface area (Å²) < 4.78 is 13.5. The van der Waals surface area contributed by atoms with Gasteiger partial charge in [-0.2, -0.15) is 0 Å². The van der Waals surface area contributed by atoms with Crippen LogP contribution in [0.2, 0.25) is 0 Å². The van der Waals surface area contributed by atoms with E-state index in [-0.39, 0.29) is 17.6 Å². The van der Waals surface area contributed by atoms with Crippen LogP contribution in [0.25, 0.3) is 0 Å². The molecule has 0 heterocycles. The summed E-state index contributed by atoms with van der Waals surface area (Å²) in [7, 11) is 0. The number of hydrogen-bond acceptors (Lipinski definition) is 2. The van der Waals surface area contributed by atoms with Gasteiger partial charge in [-0.05, 0) is 36.5 Å². The fourth-order valence-electron chi connectivity index (χ4n) is 1.90. The molecule has 1 unspecified atom stereocenters. The van der Waals surface area contributed by atoms with Gasteiger partial charge in [-0.25, -0.2) is 4.39 Å². The van der Waals surface area contributed by atoms with Gasteiger partial charge in [-0.3, -0.25) is 4.79 Å². The second kappa shape index (κ2) is 5.27. The van der Waals surface area contributed by atoms with E-state index in [2.05, 4.69) is 15.9 Å². The van der Waals surface area contributed by atoms with Gasteiger partial charge in [0.25, 0.3) is 0 Å². The maximum Gasteiger partial charge on any atom is 0.138 e. The van der Waals surface area contributed by atoms with Crippen molar-refractivity contribution in [3.8, 4) is 0 Å². The molecule has 0 radical (unpaired) electrons. The number of carbonyl (C=O) groups is 1. The van der Waals surface area contributed by atoms with Crippen LogP contribution in [-0.2, 0) is 11.2 Å². The topological polar surface area (TPSA) is 43.1 Å². The molecule has 17 heavy (non-hydrogen) atoms. The minimum Gasteiger partial charge on any atom is -0.327 e. The fraction of sp³-hybridized carbons (Fsp3) is 0.462. The predicted octanol–water partition coefficient (Wildman–Crippen LogP) is 2.83. The Labute approximate surface area is 109 Å². The summed E-state index contributed by atoms with van der Waals surface area (Å²) in [5, 5.41) is 0. The van der Waals surface area contributed by atoms with Crippen molar-refractivity contribution in [2.24, 2.45) is 11.7 Å². The average molecular weight is 300 g/mol. The Balaban J connectivity index is 1.92. The quantitative estimate of drug-likeness (QED) is 0.908. The van der Waals surface area contributed by atoms with Crippen LogP contribution in [0.4, 0.5) is 4.39 Å². The highest BCUT2D eigenvalue weighted by Crippen LogP contribution is 2.33. The van der Waals surface area contributed by atoms with E-state index in [9.17, 15) is 9.18 Å². The lowest BCUT2D eigenvalue weighted by molar-refractivity contribution is -0.118. The molecule has 0 saturated heterocycles. The Morgan fingerprint density at radius 1 is 1.53 bits per heavy atom. The third kappa shape index (κ3) is 3.61. The van der Waals surface area contributed by atoms with Crippen LogP contribution in [0.5, 0.6) is 0 Å². The summed E-state index contributed by atoms with van der Waals surface area (Å²) in [5.74, 6) is 0.357. The summed E-state index contributed by atoms with van der Waals surface area (Å²) in [6.45, 7) is 0. The van der Waals surface area contributed by atoms with Crippen molar-refractivity contribution >= 4 is 21.7 Å². The van der Waals surface area contributed by atoms with E-state index in [1.165, 1.54) is 12.1 Å². The molecule has 1 aromatic rings. The van der Waals surface area contributed by atoms with Gasteiger partial charge in [0.2, 0.25) is 0 Å². The molecule has 1 aliphatic carbocycles. The molecule has 4 heteroatoms. The molecule has 0 aliphatic heterocycles. The van der Waals surface area contributed by atoms with Crippen molar-refractivity contribution in [3.63, 3.8) is 0 Å². The predicted molar refractivity (Wildman–Crippen MR) is 68.1 cm³/mol. The summed E-state index contributed by atoms with van der Waals surface area (Å²) in [6.07, 6.45) is 3.04. The molecule has 0 bridgehead atoms.